The minimum absolute atomic E-state index is 0.0195. The summed E-state index contributed by atoms with van der Waals surface area (Å²) < 4.78 is 13.1. The van der Waals surface area contributed by atoms with Gasteiger partial charge in [0.05, 0.1) is 5.39 Å². The third-order valence-electron chi connectivity index (χ3n) is 3.05. The average molecular weight is 268 g/mol. The Labute approximate surface area is 106 Å². The van der Waals surface area contributed by atoms with Gasteiger partial charge in [-0.05, 0) is 31.0 Å². The van der Waals surface area contributed by atoms with Crippen LogP contribution in [-0.4, -0.2) is 9.12 Å². The van der Waals surface area contributed by atoms with Gasteiger partial charge in [0.25, 0.3) is 5.56 Å². The molecule has 1 aliphatic rings. The SMILES string of the molecule is O=c1c2cccc([S+]([O-])Cl)c2ccn1C1CC1. The molecule has 1 unspecified atom stereocenters. The lowest BCUT2D eigenvalue weighted by Crippen LogP contribution is -2.18. The number of halogens is 1. The summed E-state index contributed by atoms with van der Waals surface area (Å²) in [6.45, 7) is 0. The molecule has 0 saturated heterocycles. The summed E-state index contributed by atoms with van der Waals surface area (Å²) in [5.74, 6) is 0. The molecule has 88 valence electrons. The number of fused-ring (bicyclic) bond motifs is 1. The van der Waals surface area contributed by atoms with Crippen molar-refractivity contribution >= 4 is 31.8 Å². The van der Waals surface area contributed by atoms with Crippen LogP contribution in [-0.2, 0) is 10.4 Å². The lowest BCUT2D eigenvalue weighted by atomic mass is 10.2. The first-order valence-electron chi connectivity index (χ1n) is 5.40. The van der Waals surface area contributed by atoms with Crippen molar-refractivity contribution in [2.45, 2.75) is 23.8 Å². The first-order chi connectivity index (χ1) is 8.18. The minimum atomic E-state index is -1.59. The Hall–Kier alpha value is -0.970. The van der Waals surface area contributed by atoms with Crippen LogP contribution in [0, 0.1) is 0 Å². The molecular formula is C12H10ClNO2S. The Morgan fingerprint density at radius 3 is 2.71 bits per heavy atom. The van der Waals surface area contributed by atoms with Crippen LogP contribution in [0.3, 0.4) is 0 Å². The average Bonchev–Trinajstić information content (AvgIpc) is 3.13. The van der Waals surface area contributed by atoms with Crippen molar-refractivity contribution in [3.05, 3.63) is 40.8 Å². The molecule has 0 aliphatic heterocycles. The zero-order valence-electron chi connectivity index (χ0n) is 8.93. The van der Waals surface area contributed by atoms with Gasteiger partial charge in [0.1, 0.15) is 10.4 Å². The number of nitrogens with zero attached hydrogens (tertiary/aromatic N) is 1. The number of rotatable bonds is 2. The van der Waals surface area contributed by atoms with Gasteiger partial charge in [-0.25, -0.2) is 0 Å². The highest BCUT2D eigenvalue weighted by Gasteiger charge is 2.25. The topological polar surface area (TPSA) is 45.1 Å². The smallest absolute Gasteiger partial charge is 0.258 e. The van der Waals surface area contributed by atoms with Gasteiger partial charge >= 0.3 is 0 Å². The highest BCUT2D eigenvalue weighted by molar-refractivity contribution is 8.13. The number of pyridine rings is 1. The fraction of sp³-hybridized carbons (Fsp3) is 0.250. The molecule has 2 aromatic rings. The summed E-state index contributed by atoms with van der Waals surface area (Å²) in [5, 5.41) is 1.27. The van der Waals surface area contributed by atoms with Crippen molar-refractivity contribution < 1.29 is 4.55 Å². The molecule has 1 aromatic carbocycles. The van der Waals surface area contributed by atoms with Gasteiger partial charge < -0.3 is 9.12 Å². The normalized spacial score (nSPS) is 17.3. The maximum atomic E-state index is 12.2. The van der Waals surface area contributed by atoms with E-state index in [9.17, 15) is 9.35 Å². The van der Waals surface area contributed by atoms with E-state index in [4.69, 9.17) is 10.7 Å². The van der Waals surface area contributed by atoms with E-state index in [2.05, 4.69) is 0 Å². The second kappa shape index (κ2) is 4.05. The van der Waals surface area contributed by atoms with Crippen LogP contribution >= 0.6 is 10.7 Å². The molecule has 0 spiro atoms. The molecule has 3 rings (SSSR count). The van der Waals surface area contributed by atoms with E-state index < -0.39 is 10.4 Å². The van der Waals surface area contributed by atoms with Crippen molar-refractivity contribution in [1.82, 2.24) is 4.57 Å². The summed E-state index contributed by atoms with van der Waals surface area (Å²) in [6, 6.07) is 7.33. The van der Waals surface area contributed by atoms with E-state index in [1.807, 2.05) is 6.07 Å². The lowest BCUT2D eigenvalue weighted by molar-refractivity contribution is 0.609. The molecule has 1 atom stereocenters. The molecule has 5 heteroatoms. The summed E-state index contributed by atoms with van der Waals surface area (Å²) >= 11 is 0. The Bertz CT molecular complexity index is 634. The first-order valence-corrected chi connectivity index (χ1v) is 7.38. The number of benzene rings is 1. The third-order valence-corrected chi connectivity index (χ3v) is 4.25. The molecule has 17 heavy (non-hydrogen) atoms. The van der Waals surface area contributed by atoms with Crippen LogP contribution in [0.1, 0.15) is 18.9 Å². The van der Waals surface area contributed by atoms with Gasteiger partial charge in [0.15, 0.2) is 15.6 Å². The Kier molecular flexibility index (Phi) is 2.65. The van der Waals surface area contributed by atoms with Gasteiger partial charge in [0, 0.05) is 17.6 Å². The summed E-state index contributed by atoms with van der Waals surface area (Å²) in [6.07, 6.45) is 3.90. The quantitative estimate of drug-likeness (QED) is 0.785. The molecule has 1 saturated carbocycles. The van der Waals surface area contributed by atoms with Crippen LogP contribution in [0.4, 0.5) is 0 Å². The monoisotopic (exact) mass is 267 g/mol. The van der Waals surface area contributed by atoms with E-state index in [0.29, 0.717) is 21.7 Å². The van der Waals surface area contributed by atoms with Gasteiger partial charge in [-0.15, -0.1) is 0 Å². The highest BCUT2D eigenvalue weighted by Crippen LogP contribution is 2.34. The molecule has 0 bridgehead atoms. The van der Waals surface area contributed by atoms with Gasteiger partial charge in [-0.1, -0.05) is 6.07 Å². The van der Waals surface area contributed by atoms with Crippen molar-refractivity contribution in [2.75, 3.05) is 0 Å². The van der Waals surface area contributed by atoms with E-state index in [-0.39, 0.29) is 5.56 Å². The van der Waals surface area contributed by atoms with Crippen molar-refractivity contribution in [1.29, 1.82) is 0 Å². The Balaban J connectivity index is 2.30. The third kappa shape index (κ3) is 1.86. The number of hydrogen-bond donors (Lipinski definition) is 0. The molecule has 1 heterocycles. The molecule has 3 nitrogen and oxygen atoms in total. The first kappa shape index (κ1) is 11.1. The van der Waals surface area contributed by atoms with Gasteiger partial charge in [-0.3, -0.25) is 4.79 Å². The van der Waals surface area contributed by atoms with E-state index >= 15 is 0 Å². The predicted octanol–water partition coefficient (Wildman–Crippen LogP) is 2.60. The molecule has 1 fully saturated rings. The Morgan fingerprint density at radius 2 is 2.06 bits per heavy atom. The maximum Gasteiger partial charge on any atom is 0.258 e. The lowest BCUT2D eigenvalue weighted by Gasteiger charge is -2.07. The van der Waals surface area contributed by atoms with Gasteiger partial charge in [0.2, 0.25) is 0 Å². The van der Waals surface area contributed by atoms with Crippen molar-refractivity contribution in [2.24, 2.45) is 0 Å². The fourth-order valence-electron chi connectivity index (χ4n) is 2.04. The van der Waals surface area contributed by atoms with E-state index in [1.165, 1.54) is 0 Å². The summed E-state index contributed by atoms with van der Waals surface area (Å²) in [5.41, 5.74) is -0.0195. The molecular weight excluding hydrogens is 258 g/mol. The molecule has 0 N–H and O–H groups in total. The highest BCUT2D eigenvalue weighted by atomic mass is 35.7. The van der Waals surface area contributed by atoms with Gasteiger partial charge in [-0.2, -0.15) is 0 Å². The summed E-state index contributed by atoms with van der Waals surface area (Å²) in [4.78, 5) is 12.7. The fourth-order valence-corrected chi connectivity index (χ4v) is 2.98. The van der Waals surface area contributed by atoms with Crippen LogP contribution in [0.15, 0.2) is 40.2 Å². The second-order valence-corrected chi connectivity index (χ2v) is 5.93. The number of aromatic nitrogens is 1. The standard InChI is InChI=1S/C12H10ClNO2S/c13-17(16)11-3-1-2-10-9(11)6-7-14(12(10)15)8-4-5-8/h1-3,6-8H,4-5H2. The molecule has 1 aromatic heterocycles. The van der Waals surface area contributed by atoms with Crippen molar-refractivity contribution in [3.8, 4) is 0 Å². The maximum absolute atomic E-state index is 12.2. The minimum Gasteiger partial charge on any atom is -0.594 e. The predicted molar refractivity (Wildman–Crippen MR) is 68.7 cm³/mol. The molecule has 1 aliphatic carbocycles. The van der Waals surface area contributed by atoms with Crippen LogP contribution < -0.4 is 5.56 Å². The molecule has 0 radical (unpaired) electrons. The van der Waals surface area contributed by atoms with E-state index in [1.54, 1.807) is 29.0 Å². The molecule has 0 amide bonds. The van der Waals surface area contributed by atoms with Crippen LogP contribution in [0.2, 0.25) is 0 Å². The van der Waals surface area contributed by atoms with E-state index in [0.717, 1.165) is 12.8 Å². The zero-order chi connectivity index (χ0) is 12.0. The second-order valence-electron chi connectivity index (χ2n) is 4.20. The zero-order valence-corrected chi connectivity index (χ0v) is 10.5. The largest absolute Gasteiger partial charge is 0.594 e. The van der Waals surface area contributed by atoms with Crippen LogP contribution in [0.5, 0.6) is 0 Å². The Morgan fingerprint density at radius 1 is 1.29 bits per heavy atom. The summed E-state index contributed by atoms with van der Waals surface area (Å²) in [7, 11) is 4.02. The van der Waals surface area contributed by atoms with Crippen molar-refractivity contribution in [3.63, 3.8) is 0 Å². The number of hydrogen-bond acceptors (Lipinski definition) is 2. The van der Waals surface area contributed by atoms with Crippen LogP contribution in [0.25, 0.3) is 10.8 Å².